The average molecular weight is 382 g/mol. The molecule has 1 unspecified atom stereocenters. The monoisotopic (exact) mass is 382 g/mol. The van der Waals surface area contributed by atoms with E-state index in [4.69, 9.17) is 4.74 Å². The number of amides is 2. The molecule has 0 saturated carbocycles. The summed E-state index contributed by atoms with van der Waals surface area (Å²) in [5, 5.41) is 2.36. The summed E-state index contributed by atoms with van der Waals surface area (Å²) in [5.74, 6) is -6.44. The summed E-state index contributed by atoms with van der Waals surface area (Å²) in [5.41, 5.74) is -0.177. The van der Waals surface area contributed by atoms with E-state index in [9.17, 15) is 27.2 Å². The van der Waals surface area contributed by atoms with Crippen molar-refractivity contribution in [3.05, 3.63) is 65.2 Å². The van der Waals surface area contributed by atoms with E-state index in [1.807, 2.05) is 0 Å². The van der Waals surface area contributed by atoms with Crippen LogP contribution in [0.15, 0.2) is 36.4 Å². The average Bonchev–Trinajstić information content (AvgIpc) is 2.66. The summed E-state index contributed by atoms with van der Waals surface area (Å²) < 4.78 is 58.2. The van der Waals surface area contributed by atoms with Gasteiger partial charge in [-0.25, -0.2) is 17.6 Å². The number of ether oxygens (including phenoxy) is 1. The minimum Gasteiger partial charge on any atom is -0.365 e. The number of rotatable bonds is 4. The molecule has 0 spiro atoms. The minimum absolute atomic E-state index is 0.0744. The van der Waals surface area contributed by atoms with Crippen molar-refractivity contribution in [3.8, 4) is 0 Å². The molecule has 1 N–H and O–H groups in total. The number of hydrogen-bond donors (Lipinski definition) is 1. The van der Waals surface area contributed by atoms with Gasteiger partial charge >= 0.3 is 0 Å². The van der Waals surface area contributed by atoms with Gasteiger partial charge in [-0.15, -0.1) is 0 Å². The van der Waals surface area contributed by atoms with Gasteiger partial charge in [0.15, 0.2) is 17.5 Å². The molecule has 1 saturated heterocycles. The SMILES string of the molecule is O=C(NCC1CN(c2ccc(F)cc2)C(=O)CO1)c1ccc(F)c(F)c1F. The van der Waals surface area contributed by atoms with E-state index in [1.165, 1.54) is 29.2 Å². The fourth-order valence-corrected chi connectivity index (χ4v) is 2.62. The number of morpholine rings is 1. The maximum absolute atomic E-state index is 13.7. The van der Waals surface area contributed by atoms with Crippen molar-refractivity contribution >= 4 is 17.5 Å². The largest absolute Gasteiger partial charge is 0.365 e. The van der Waals surface area contributed by atoms with Gasteiger partial charge in [0.2, 0.25) is 0 Å². The van der Waals surface area contributed by atoms with Gasteiger partial charge in [-0.2, -0.15) is 0 Å². The minimum atomic E-state index is -1.73. The van der Waals surface area contributed by atoms with Gasteiger partial charge in [-0.05, 0) is 36.4 Å². The molecule has 1 heterocycles. The topological polar surface area (TPSA) is 58.6 Å². The Hall–Kier alpha value is -2.94. The Kier molecular flexibility index (Phi) is 5.41. The molecular weight excluding hydrogens is 368 g/mol. The summed E-state index contributed by atoms with van der Waals surface area (Å²) in [6.45, 7) is -0.273. The molecule has 2 amide bonds. The third-order valence-corrected chi connectivity index (χ3v) is 4.04. The number of nitrogens with one attached hydrogen (secondary N) is 1. The molecule has 0 aromatic heterocycles. The molecule has 9 heteroatoms. The van der Waals surface area contributed by atoms with Gasteiger partial charge in [0.05, 0.1) is 18.2 Å². The molecule has 1 aliphatic rings. The fraction of sp³-hybridized carbons (Fsp3) is 0.222. The number of anilines is 1. The van der Waals surface area contributed by atoms with E-state index in [2.05, 4.69) is 5.32 Å². The quantitative estimate of drug-likeness (QED) is 0.653. The lowest BCUT2D eigenvalue weighted by Crippen LogP contribution is -2.50. The highest BCUT2D eigenvalue weighted by molar-refractivity contribution is 5.95. The Morgan fingerprint density at radius 3 is 2.48 bits per heavy atom. The van der Waals surface area contributed by atoms with E-state index >= 15 is 0 Å². The van der Waals surface area contributed by atoms with Crippen LogP contribution in [0.5, 0.6) is 0 Å². The first-order valence-electron chi connectivity index (χ1n) is 7.96. The molecule has 0 aliphatic carbocycles. The van der Waals surface area contributed by atoms with Crippen molar-refractivity contribution < 1.29 is 31.9 Å². The van der Waals surface area contributed by atoms with Crippen molar-refractivity contribution in [2.45, 2.75) is 6.10 Å². The van der Waals surface area contributed by atoms with Crippen LogP contribution in [0.25, 0.3) is 0 Å². The molecule has 142 valence electrons. The zero-order valence-electron chi connectivity index (χ0n) is 13.8. The Balaban J connectivity index is 1.64. The van der Waals surface area contributed by atoms with Crippen molar-refractivity contribution in [1.82, 2.24) is 5.32 Å². The maximum atomic E-state index is 13.7. The maximum Gasteiger partial charge on any atom is 0.254 e. The Bertz CT molecular complexity index is 874. The number of hydrogen-bond acceptors (Lipinski definition) is 3. The second-order valence-corrected chi connectivity index (χ2v) is 5.85. The van der Waals surface area contributed by atoms with Crippen LogP contribution in [0.3, 0.4) is 0 Å². The number of benzene rings is 2. The lowest BCUT2D eigenvalue weighted by Gasteiger charge is -2.32. The summed E-state index contributed by atoms with van der Waals surface area (Å²) in [4.78, 5) is 25.4. The lowest BCUT2D eigenvalue weighted by molar-refractivity contribution is -0.129. The van der Waals surface area contributed by atoms with Crippen LogP contribution < -0.4 is 10.2 Å². The van der Waals surface area contributed by atoms with Gasteiger partial charge in [-0.1, -0.05) is 0 Å². The summed E-state index contributed by atoms with van der Waals surface area (Å²) >= 11 is 0. The standard InChI is InChI=1S/C18H14F4N2O3/c19-10-1-3-11(4-2-10)24-8-12(27-9-15(24)25)7-23-18(26)13-5-6-14(20)17(22)16(13)21/h1-6,12H,7-9H2,(H,23,26). The van der Waals surface area contributed by atoms with E-state index in [0.717, 1.165) is 6.07 Å². The number of halogens is 4. The highest BCUT2D eigenvalue weighted by Gasteiger charge is 2.28. The molecule has 3 rings (SSSR count). The van der Waals surface area contributed by atoms with Crippen LogP contribution in [0.2, 0.25) is 0 Å². The van der Waals surface area contributed by atoms with Crippen LogP contribution in [-0.2, 0) is 9.53 Å². The van der Waals surface area contributed by atoms with Crippen LogP contribution in [-0.4, -0.2) is 37.6 Å². The molecule has 0 bridgehead atoms. The van der Waals surface area contributed by atoms with Crippen LogP contribution >= 0.6 is 0 Å². The molecule has 2 aromatic rings. The van der Waals surface area contributed by atoms with Crippen LogP contribution in [0, 0.1) is 23.3 Å². The third kappa shape index (κ3) is 4.08. The number of nitrogens with zero attached hydrogens (tertiary/aromatic N) is 1. The van der Waals surface area contributed by atoms with Gasteiger partial charge in [-0.3, -0.25) is 9.59 Å². The van der Waals surface area contributed by atoms with Crippen LogP contribution in [0.1, 0.15) is 10.4 Å². The molecular formula is C18H14F4N2O3. The summed E-state index contributed by atoms with van der Waals surface area (Å²) in [6, 6.07) is 6.77. The first kappa shape index (κ1) is 18.8. The van der Waals surface area contributed by atoms with E-state index in [1.54, 1.807) is 0 Å². The number of carbonyl (C=O) groups excluding carboxylic acids is 2. The molecule has 5 nitrogen and oxygen atoms in total. The highest BCUT2D eigenvalue weighted by atomic mass is 19.2. The zero-order valence-corrected chi connectivity index (χ0v) is 13.8. The molecule has 2 aromatic carbocycles. The zero-order chi connectivity index (χ0) is 19.6. The normalized spacial score (nSPS) is 17.1. The van der Waals surface area contributed by atoms with Crippen molar-refractivity contribution in [2.24, 2.45) is 0 Å². The molecule has 1 aliphatic heterocycles. The predicted octanol–water partition coefficient (Wildman–Crippen LogP) is 2.40. The highest BCUT2D eigenvalue weighted by Crippen LogP contribution is 2.19. The van der Waals surface area contributed by atoms with Gasteiger partial charge in [0.25, 0.3) is 11.8 Å². The summed E-state index contributed by atoms with van der Waals surface area (Å²) in [6.07, 6.45) is -0.620. The van der Waals surface area contributed by atoms with E-state index in [0.29, 0.717) is 11.8 Å². The van der Waals surface area contributed by atoms with Gasteiger partial charge in [0.1, 0.15) is 12.4 Å². The Morgan fingerprint density at radius 2 is 1.78 bits per heavy atom. The fourth-order valence-electron chi connectivity index (χ4n) is 2.62. The second kappa shape index (κ2) is 7.75. The Labute approximate surface area is 151 Å². The first-order valence-corrected chi connectivity index (χ1v) is 7.96. The molecule has 0 radical (unpaired) electrons. The van der Waals surface area contributed by atoms with E-state index < -0.39 is 40.8 Å². The number of carbonyl (C=O) groups is 2. The smallest absolute Gasteiger partial charge is 0.254 e. The Morgan fingerprint density at radius 1 is 1.07 bits per heavy atom. The van der Waals surface area contributed by atoms with Gasteiger partial charge in [0, 0.05) is 12.2 Å². The molecule has 27 heavy (non-hydrogen) atoms. The van der Waals surface area contributed by atoms with Crippen molar-refractivity contribution in [3.63, 3.8) is 0 Å². The van der Waals surface area contributed by atoms with Gasteiger partial charge < -0.3 is 15.0 Å². The molecule has 1 fully saturated rings. The third-order valence-electron chi connectivity index (χ3n) is 4.04. The van der Waals surface area contributed by atoms with Crippen molar-refractivity contribution in [1.29, 1.82) is 0 Å². The molecule has 1 atom stereocenters. The summed E-state index contributed by atoms with van der Waals surface area (Å²) in [7, 11) is 0. The lowest BCUT2D eigenvalue weighted by atomic mass is 10.1. The van der Waals surface area contributed by atoms with Crippen LogP contribution in [0.4, 0.5) is 23.2 Å². The first-order chi connectivity index (χ1) is 12.9. The second-order valence-electron chi connectivity index (χ2n) is 5.85. The predicted molar refractivity (Wildman–Crippen MR) is 87.1 cm³/mol. The van der Waals surface area contributed by atoms with E-state index in [-0.39, 0.29) is 25.6 Å². The van der Waals surface area contributed by atoms with Crippen molar-refractivity contribution in [2.75, 3.05) is 24.6 Å².